The molecule has 3 rings (SSSR count). The molecule has 0 aromatic heterocycles. The molecule has 6 N–H and O–H groups in total. The van der Waals surface area contributed by atoms with Gasteiger partial charge in [-0.25, -0.2) is 9.59 Å². The number of nitrogens with one attached hydrogen (secondary N) is 1. The Hall–Kier alpha value is -4.09. The van der Waals surface area contributed by atoms with E-state index in [1.165, 1.54) is 12.2 Å². The van der Waals surface area contributed by atoms with Crippen LogP contribution in [0.15, 0.2) is 30.4 Å². The van der Waals surface area contributed by atoms with Gasteiger partial charge in [-0.05, 0) is 30.5 Å². The molecule has 2 aliphatic heterocycles. The monoisotopic (exact) mass is 623 g/mol. The van der Waals surface area contributed by atoms with E-state index in [4.69, 9.17) is 29.4 Å². The van der Waals surface area contributed by atoms with Crippen LogP contribution in [0.3, 0.4) is 0 Å². The highest BCUT2D eigenvalue weighted by Gasteiger charge is 2.42. The summed E-state index contributed by atoms with van der Waals surface area (Å²) in [6, 6.07) is 5.10. The molecule has 16 heteroatoms. The summed E-state index contributed by atoms with van der Waals surface area (Å²) in [5.41, 5.74) is 6.40. The van der Waals surface area contributed by atoms with Gasteiger partial charge in [0.25, 0.3) is 11.8 Å². The number of ether oxygens (including phenoxy) is 5. The molecule has 4 atom stereocenters. The minimum atomic E-state index is -1.67. The van der Waals surface area contributed by atoms with Gasteiger partial charge in [0.05, 0.1) is 25.9 Å². The Morgan fingerprint density at radius 3 is 2.43 bits per heavy atom. The number of carboxylic acid groups (broad SMARTS) is 1. The molecule has 1 aromatic carbocycles. The molecule has 1 fully saturated rings. The predicted molar refractivity (Wildman–Crippen MR) is 148 cm³/mol. The number of aryl methyl sites for hydroxylation is 1. The van der Waals surface area contributed by atoms with Crippen molar-refractivity contribution < 1.29 is 63.0 Å². The van der Waals surface area contributed by atoms with Crippen molar-refractivity contribution in [3.8, 4) is 5.75 Å². The van der Waals surface area contributed by atoms with Crippen molar-refractivity contribution in [3.05, 3.63) is 41.5 Å². The molecule has 1 saturated heterocycles. The topological polar surface area (TPSA) is 233 Å². The van der Waals surface area contributed by atoms with Gasteiger partial charge in [-0.2, -0.15) is 0 Å². The molecule has 242 valence electrons. The molecule has 0 bridgehead atoms. The fourth-order valence-corrected chi connectivity index (χ4v) is 4.34. The number of rotatable bonds is 18. The van der Waals surface area contributed by atoms with E-state index in [1.807, 2.05) is 0 Å². The van der Waals surface area contributed by atoms with Crippen LogP contribution < -0.4 is 15.8 Å². The second kappa shape index (κ2) is 17.3. The maximum absolute atomic E-state index is 11.9. The number of primary amides is 1. The number of carbonyl (C=O) groups excluding carboxylic acids is 4. The number of imide groups is 1. The fourth-order valence-electron chi connectivity index (χ4n) is 4.34. The van der Waals surface area contributed by atoms with Crippen molar-refractivity contribution in [2.75, 3.05) is 39.5 Å². The Balaban J connectivity index is 1.32. The first kappa shape index (κ1) is 34.4. The molecule has 0 unspecified atom stereocenters. The van der Waals surface area contributed by atoms with Crippen molar-refractivity contribution >= 4 is 29.8 Å². The third-order valence-corrected chi connectivity index (χ3v) is 6.59. The molecule has 0 saturated carbocycles. The summed E-state index contributed by atoms with van der Waals surface area (Å²) in [5, 5.41) is 31.8. The average Bonchev–Trinajstić information content (AvgIpc) is 3.30. The quantitative estimate of drug-likeness (QED) is 0.0974. The number of aliphatic carboxylic acids is 1. The van der Waals surface area contributed by atoms with Crippen LogP contribution in [0.1, 0.15) is 30.4 Å². The van der Waals surface area contributed by atoms with E-state index in [-0.39, 0.29) is 50.8 Å². The van der Waals surface area contributed by atoms with Crippen LogP contribution in [0.25, 0.3) is 0 Å². The number of aliphatic hydroxyl groups is 2. The van der Waals surface area contributed by atoms with Gasteiger partial charge < -0.3 is 50.1 Å². The van der Waals surface area contributed by atoms with Crippen molar-refractivity contribution in [3.63, 3.8) is 0 Å². The summed E-state index contributed by atoms with van der Waals surface area (Å²) < 4.78 is 26.9. The van der Waals surface area contributed by atoms with Crippen LogP contribution >= 0.6 is 0 Å². The summed E-state index contributed by atoms with van der Waals surface area (Å²) in [7, 11) is 0. The predicted octanol–water partition coefficient (Wildman–Crippen LogP) is -1.02. The van der Waals surface area contributed by atoms with Crippen LogP contribution in [-0.2, 0) is 51.2 Å². The Morgan fingerprint density at radius 2 is 1.75 bits per heavy atom. The molecule has 4 amide bonds. The second-order valence-corrected chi connectivity index (χ2v) is 9.88. The zero-order chi connectivity index (χ0) is 32.1. The SMILES string of the molecule is NC(=O)OCc1cc(CCCOCCOCCNC(=O)CCN2C(=O)C=CC2=O)ccc1O[C@H]1C[C@@H](O)[C@H](O)[C@@H](C(=O)O)O1. The Labute approximate surface area is 252 Å². The maximum Gasteiger partial charge on any atom is 0.404 e. The number of nitrogens with two attached hydrogens (primary N) is 1. The van der Waals surface area contributed by atoms with E-state index < -0.39 is 48.5 Å². The lowest BCUT2D eigenvalue weighted by Crippen LogP contribution is -2.53. The highest BCUT2D eigenvalue weighted by molar-refractivity contribution is 6.13. The van der Waals surface area contributed by atoms with Gasteiger partial charge in [0.2, 0.25) is 12.2 Å². The van der Waals surface area contributed by atoms with Gasteiger partial charge >= 0.3 is 12.1 Å². The van der Waals surface area contributed by atoms with Crippen molar-refractivity contribution in [2.24, 2.45) is 5.73 Å². The molecule has 0 radical (unpaired) electrons. The van der Waals surface area contributed by atoms with Gasteiger partial charge in [0, 0.05) is 50.3 Å². The van der Waals surface area contributed by atoms with E-state index >= 15 is 0 Å². The van der Waals surface area contributed by atoms with Crippen molar-refractivity contribution in [1.82, 2.24) is 10.2 Å². The molecule has 2 heterocycles. The molecule has 16 nitrogen and oxygen atoms in total. The van der Waals surface area contributed by atoms with Crippen LogP contribution in [0.4, 0.5) is 4.79 Å². The van der Waals surface area contributed by atoms with Gasteiger partial charge in [-0.1, -0.05) is 6.07 Å². The first-order valence-electron chi connectivity index (χ1n) is 14.0. The van der Waals surface area contributed by atoms with Crippen LogP contribution in [0.5, 0.6) is 5.75 Å². The molecular formula is C28H37N3O13. The first-order chi connectivity index (χ1) is 21.0. The summed E-state index contributed by atoms with van der Waals surface area (Å²) in [5.74, 6) is -2.37. The van der Waals surface area contributed by atoms with Gasteiger partial charge in [0.1, 0.15) is 18.5 Å². The van der Waals surface area contributed by atoms with E-state index in [0.717, 1.165) is 10.5 Å². The summed E-state index contributed by atoms with van der Waals surface area (Å²) >= 11 is 0. The van der Waals surface area contributed by atoms with Crippen molar-refractivity contribution in [2.45, 2.75) is 56.9 Å². The number of amides is 4. The molecule has 0 aliphatic carbocycles. The zero-order valence-corrected chi connectivity index (χ0v) is 23.9. The summed E-state index contributed by atoms with van der Waals surface area (Å²) in [6.45, 7) is 1.43. The number of aliphatic hydroxyl groups excluding tert-OH is 2. The van der Waals surface area contributed by atoms with Crippen LogP contribution in [-0.4, -0.2) is 114 Å². The molecule has 0 spiro atoms. The average molecular weight is 624 g/mol. The molecule has 44 heavy (non-hydrogen) atoms. The third-order valence-electron chi connectivity index (χ3n) is 6.59. The number of hydrogen-bond acceptors (Lipinski definition) is 12. The summed E-state index contributed by atoms with van der Waals surface area (Å²) in [4.78, 5) is 58.3. The number of nitrogens with zero attached hydrogens (tertiary/aromatic N) is 1. The minimum absolute atomic E-state index is 0.00890. The molecule has 2 aliphatic rings. The van der Waals surface area contributed by atoms with E-state index in [9.17, 15) is 39.3 Å². The second-order valence-electron chi connectivity index (χ2n) is 9.88. The third kappa shape index (κ3) is 10.9. The van der Waals surface area contributed by atoms with E-state index in [2.05, 4.69) is 5.32 Å². The fraction of sp³-hybridized carbons (Fsp3) is 0.536. The smallest absolute Gasteiger partial charge is 0.404 e. The largest absolute Gasteiger partial charge is 0.479 e. The van der Waals surface area contributed by atoms with Crippen LogP contribution in [0.2, 0.25) is 0 Å². The van der Waals surface area contributed by atoms with Gasteiger partial charge in [0.15, 0.2) is 6.10 Å². The number of hydrogen-bond donors (Lipinski definition) is 5. The Bertz CT molecular complexity index is 1190. The molecular weight excluding hydrogens is 586 g/mol. The lowest BCUT2D eigenvalue weighted by atomic mass is 10.0. The maximum atomic E-state index is 11.9. The van der Waals surface area contributed by atoms with Gasteiger partial charge in [-0.15, -0.1) is 0 Å². The van der Waals surface area contributed by atoms with Gasteiger partial charge in [-0.3, -0.25) is 19.3 Å². The standard InChI is InChI=1S/C28H37N3O13/c29-28(39)42-16-18-14-17(3-4-20(18)43-24-15-19(32)25(36)26(44-24)27(37)38)2-1-10-40-12-13-41-11-8-30-21(33)7-9-31-22(34)5-6-23(31)35/h3-6,14,19,24-26,32,36H,1-2,7-13,15-16H2,(H2,29,39)(H,30,33)(H,37,38)/t19-,24-,25+,26+/m1/s1. The number of carbonyl (C=O) groups is 5. The van der Waals surface area contributed by atoms with Crippen LogP contribution in [0, 0.1) is 0 Å². The summed E-state index contributed by atoms with van der Waals surface area (Å²) in [6.07, 6.45) is -3.39. The Kier molecular flexibility index (Phi) is 13.5. The number of benzene rings is 1. The normalized spacial score (nSPS) is 21.4. The minimum Gasteiger partial charge on any atom is -0.479 e. The lowest BCUT2D eigenvalue weighted by molar-refractivity contribution is -0.228. The first-order valence-corrected chi connectivity index (χ1v) is 14.0. The highest BCUT2D eigenvalue weighted by Crippen LogP contribution is 2.28. The van der Waals surface area contributed by atoms with E-state index in [0.29, 0.717) is 38.2 Å². The van der Waals surface area contributed by atoms with E-state index in [1.54, 1.807) is 18.2 Å². The zero-order valence-electron chi connectivity index (χ0n) is 23.9. The lowest BCUT2D eigenvalue weighted by Gasteiger charge is -2.35. The Morgan fingerprint density at radius 1 is 1.05 bits per heavy atom. The van der Waals surface area contributed by atoms with Crippen molar-refractivity contribution in [1.29, 1.82) is 0 Å². The molecule has 1 aromatic rings. The highest BCUT2D eigenvalue weighted by atomic mass is 16.7. The number of carboxylic acids is 1.